The second kappa shape index (κ2) is 8.02. The van der Waals surface area contributed by atoms with Crippen LogP contribution in [0.2, 0.25) is 0 Å². The third-order valence-corrected chi connectivity index (χ3v) is 3.60. The van der Waals surface area contributed by atoms with Crippen molar-refractivity contribution in [2.24, 2.45) is 0 Å². The van der Waals surface area contributed by atoms with E-state index in [-0.39, 0.29) is 24.0 Å². The Balaban J connectivity index is 2.13. The minimum atomic E-state index is -0.527. The molecule has 0 saturated carbocycles. The summed E-state index contributed by atoms with van der Waals surface area (Å²) in [4.78, 5) is 25.3. The van der Waals surface area contributed by atoms with E-state index in [0.29, 0.717) is 12.4 Å². The molecule has 2 aromatic heterocycles. The quantitative estimate of drug-likeness (QED) is 0.475. The summed E-state index contributed by atoms with van der Waals surface area (Å²) in [6.45, 7) is 2.37. The molecule has 132 valence electrons. The van der Waals surface area contributed by atoms with E-state index in [1.54, 1.807) is 30.2 Å². The van der Waals surface area contributed by atoms with Crippen molar-refractivity contribution >= 4 is 17.3 Å². The predicted octanol–water partition coefficient (Wildman–Crippen LogP) is 3.52. The van der Waals surface area contributed by atoms with E-state index in [9.17, 15) is 10.1 Å². The molecule has 0 unspecified atom stereocenters. The van der Waals surface area contributed by atoms with Crippen LogP contribution in [-0.4, -0.2) is 26.5 Å². The second-order valence-corrected chi connectivity index (χ2v) is 5.30. The minimum Gasteiger partial charge on any atom is -0.473 e. The summed E-state index contributed by atoms with van der Waals surface area (Å²) in [5.74, 6) is 0.619. The Morgan fingerprint density at radius 1 is 1.08 bits per heavy atom. The molecule has 0 fully saturated rings. The van der Waals surface area contributed by atoms with E-state index in [4.69, 9.17) is 4.74 Å². The SMILES string of the molecule is CCOc1ncnc(N(Cc2ccccc2)c2ccccn2)c1[N+](=O)[O-]. The molecule has 0 N–H and O–H groups in total. The Bertz CT molecular complexity index is 875. The highest BCUT2D eigenvalue weighted by Gasteiger charge is 2.29. The molecule has 3 aromatic rings. The Kier molecular flexibility index (Phi) is 5.33. The first-order valence-corrected chi connectivity index (χ1v) is 8.05. The number of benzene rings is 1. The summed E-state index contributed by atoms with van der Waals surface area (Å²) in [6.07, 6.45) is 2.89. The Hall–Kier alpha value is -3.55. The summed E-state index contributed by atoms with van der Waals surface area (Å²) in [5, 5.41) is 11.7. The maximum absolute atomic E-state index is 11.7. The molecule has 1 aromatic carbocycles. The molecule has 0 radical (unpaired) electrons. The summed E-state index contributed by atoms with van der Waals surface area (Å²) in [5.41, 5.74) is 0.681. The van der Waals surface area contributed by atoms with Gasteiger partial charge >= 0.3 is 5.69 Å². The van der Waals surface area contributed by atoms with Crippen molar-refractivity contribution in [2.45, 2.75) is 13.5 Å². The molecule has 0 atom stereocenters. The highest BCUT2D eigenvalue weighted by Crippen LogP contribution is 2.37. The highest BCUT2D eigenvalue weighted by atomic mass is 16.6. The van der Waals surface area contributed by atoms with Crippen LogP contribution < -0.4 is 9.64 Å². The van der Waals surface area contributed by atoms with E-state index >= 15 is 0 Å². The fraction of sp³-hybridized carbons (Fsp3) is 0.167. The van der Waals surface area contributed by atoms with Crippen LogP contribution in [0.3, 0.4) is 0 Å². The van der Waals surface area contributed by atoms with Gasteiger partial charge < -0.3 is 9.64 Å². The Labute approximate surface area is 150 Å². The van der Waals surface area contributed by atoms with Crippen LogP contribution in [0, 0.1) is 10.1 Å². The molecular formula is C18H17N5O3. The van der Waals surface area contributed by atoms with Crippen molar-refractivity contribution in [3.05, 3.63) is 76.7 Å². The molecule has 0 aliphatic rings. The fourth-order valence-electron chi connectivity index (χ4n) is 2.50. The fourth-order valence-corrected chi connectivity index (χ4v) is 2.50. The number of nitro groups is 1. The maximum Gasteiger partial charge on any atom is 0.373 e. The van der Waals surface area contributed by atoms with Crippen LogP contribution >= 0.6 is 0 Å². The lowest BCUT2D eigenvalue weighted by molar-refractivity contribution is -0.385. The predicted molar refractivity (Wildman–Crippen MR) is 96.4 cm³/mol. The zero-order valence-electron chi connectivity index (χ0n) is 14.1. The van der Waals surface area contributed by atoms with Gasteiger partial charge in [-0.3, -0.25) is 10.1 Å². The minimum absolute atomic E-state index is 0.0588. The van der Waals surface area contributed by atoms with Gasteiger partial charge in [-0.05, 0) is 24.6 Å². The van der Waals surface area contributed by atoms with Crippen LogP contribution in [0.5, 0.6) is 5.88 Å². The van der Waals surface area contributed by atoms with E-state index in [2.05, 4.69) is 15.0 Å². The summed E-state index contributed by atoms with van der Waals surface area (Å²) in [6, 6.07) is 15.0. The van der Waals surface area contributed by atoms with Gasteiger partial charge in [0.15, 0.2) is 0 Å². The van der Waals surface area contributed by atoms with Crippen LogP contribution in [0.15, 0.2) is 61.1 Å². The zero-order valence-corrected chi connectivity index (χ0v) is 14.1. The smallest absolute Gasteiger partial charge is 0.373 e. The number of hydrogen-bond donors (Lipinski definition) is 0. The van der Waals surface area contributed by atoms with E-state index in [1.807, 2.05) is 36.4 Å². The number of nitrogens with zero attached hydrogens (tertiary/aromatic N) is 5. The lowest BCUT2D eigenvalue weighted by atomic mass is 10.2. The number of hydrogen-bond acceptors (Lipinski definition) is 7. The molecule has 0 bridgehead atoms. The molecule has 8 heteroatoms. The van der Waals surface area contributed by atoms with Crippen LogP contribution in [0.25, 0.3) is 0 Å². The normalized spacial score (nSPS) is 10.3. The molecule has 2 heterocycles. The third kappa shape index (κ3) is 3.75. The van der Waals surface area contributed by atoms with Gasteiger partial charge in [0.25, 0.3) is 5.88 Å². The molecule has 8 nitrogen and oxygen atoms in total. The van der Waals surface area contributed by atoms with Crippen molar-refractivity contribution in [1.82, 2.24) is 15.0 Å². The van der Waals surface area contributed by atoms with Gasteiger partial charge in [0.1, 0.15) is 12.1 Å². The third-order valence-electron chi connectivity index (χ3n) is 3.60. The largest absolute Gasteiger partial charge is 0.473 e. The lowest BCUT2D eigenvalue weighted by Gasteiger charge is -2.22. The first-order valence-electron chi connectivity index (χ1n) is 8.05. The van der Waals surface area contributed by atoms with Gasteiger partial charge in [-0.25, -0.2) is 9.97 Å². The van der Waals surface area contributed by atoms with E-state index in [0.717, 1.165) is 5.56 Å². The summed E-state index contributed by atoms with van der Waals surface area (Å²) < 4.78 is 5.34. The van der Waals surface area contributed by atoms with Gasteiger partial charge in [-0.15, -0.1) is 0 Å². The first kappa shape index (κ1) is 17.3. The average Bonchev–Trinajstić information content (AvgIpc) is 2.67. The van der Waals surface area contributed by atoms with Crippen LogP contribution in [0.4, 0.5) is 17.3 Å². The lowest BCUT2D eigenvalue weighted by Crippen LogP contribution is -2.20. The molecule has 0 amide bonds. The van der Waals surface area contributed by atoms with Crippen LogP contribution in [-0.2, 0) is 6.54 Å². The van der Waals surface area contributed by atoms with Crippen molar-refractivity contribution < 1.29 is 9.66 Å². The van der Waals surface area contributed by atoms with Gasteiger partial charge in [-0.2, -0.15) is 4.98 Å². The number of rotatable bonds is 7. The van der Waals surface area contributed by atoms with Gasteiger partial charge in [0.2, 0.25) is 5.82 Å². The molecule has 0 spiro atoms. The molecule has 0 saturated heterocycles. The molecule has 0 aliphatic carbocycles. The average molecular weight is 351 g/mol. The van der Waals surface area contributed by atoms with Crippen molar-refractivity contribution in [3.63, 3.8) is 0 Å². The van der Waals surface area contributed by atoms with Gasteiger partial charge in [0.05, 0.1) is 18.1 Å². The van der Waals surface area contributed by atoms with Gasteiger partial charge in [-0.1, -0.05) is 36.4 Å². The topological polar surface area (TPSA) is 94.3 Å². The molecule has 3 rings (SSSR count). The highest BCUT2D eigenvalue weighted by molar-refractivity contribution is 5.69. The zero-order chi connectivity index (χ0) is 18.4. The summed E-state index contributed by atoms with van der Waals surface area (Å²) in [7, 11) is 0. The molecular weight excluding hydrogens is 334 g/mol. The monoisotopic (exact) mass is 351 g/mol. The number of aromatic nitrogens is 3. The van der Waals surface area contributed by atoms with Crippen LogP contribution in [0.1, 0.15) is 12.5 Å². The molecule has 0 aliphatic heterocycles. The van der Waals surface area contributed by atoms with E-state index < -0.39 is 4.92 Å². The van der Waals surface area contributed by atoms with Crippen molar-refractivity contribution in [3.8, 4) is 5.88 Å². The Morgan fingerprint density at radius 3 is 2.50 bits per heavy atom. The van der Waals surface area contributed by atoms with Crippen molar-refractivity contribution in [2.75, 3.05) is 11.5 Å². The second-order valence-electron chi connectivity index (χ2n) is 5.30. The number of pyridine rings is 1. The Morgan fingerprint density at radius 2 is 1.85 bits per heavy atom. The maximum atomic E-state index is 11.7. The van der Waals surface area contributed by atoms with Gasteiger partial charge in [0, 0.05) is 6.20 Å². The van der Waals surface area contributed by atoms with E-state index in [1.165, 1.54) is 6.33 Å². The van der Waals surface area contributed by atoms with Crippen molar-refractivity contribution in [1.29, 1.82) is 0 Å². The molecule has 26 heavy (non-hydrogen) atoms. The standard InChI is InChI=1S/C18H17N5O3/c1-2-26-18-16(23(24)25)17(20-13-21-18)22(15-10-6-7-11-19-15)12-14-8-4-3-5-9-14/h3-11,13H,2,12H2,1H3. The summed E-state index contributed by atoms with van der Waals surface area (Å²) >= 11 is 0. The number of ether oxygens (including phenoxy) is 1. The number of anilines is 2. The first-order chi connectivity index (χ1) is 12.7.